The number of nitriles is 1. The number of para-hydroxylation sites is 1. The number of nitrogens with zero attached hydrogens (tertiary/aromatic N) is 4. The predicted octanol–water partition coefficient (Wildman–Crippen LogP) is 6.45. The van der Waals surface area contributed by atoms with Gasteiger partial charge in [0.2, 0.25) is 0 Å². The molecule has 9 heteroatoms. The molecular weight excluding hydrogens is 560 g/mol. The number of hydrogen-bond donors (Lipinski definition) is 0. The van der Waals surface area contributed by atoms with E-state index in [-0.39, 0.29) is 18.1 Å². The zero-order chi connectivity index (χ0) is 28.1. The molecule has 0 atom stereocenters. The van der Waals surface area contributed by atoms with Crippen LogP contribution in [0.2, 0.25) is 0 Å². The minimum absolute atomic E-state index is 0.121. The number of aromatic nitrogens is 2. The molecule has 0 spiro atoms. The van der Waals surface area contributed by atoms with Crippen LogP contribution in [-0.4, -0.2) is 36.2 Å². The topological polar surface area (TPSA) is 98.7 Å². The Morgan fingerprint density at radius 3 is 2.62 bits per heavy atom. The smallest absolute Gasteiger partial charge is 0.282 e. The van der Waals surface area contributed by atoms with E-state index in [2.05, 4.69) is 34.9 Å². The van der Waals surface area contributed by atoms with E-state index in [0.29, 0.717) is 44.9 Å². The summed E-state index contributed by atoms with van der Waals surface area (Å²) < 4.78 is 18.8. The average Bonchev–Trinajstić information content (AvgIpc) is 2.91. The molecule has 1 aromatic heterocycles. The van der Waals surface area contributed by atoms with E-state index in [4.69, 9.17) is 24.5 Å². The van der Waals surface area contributed by atoms with Gasteiger partial charge in [-0.15, -0.1) is 0 Å². The molecule has 0 fully saturated rings. The van der Waals surface area contributed by atoms with Crippen molar-refractivity contribution in [2.75, 3.05) is 20.3 Å². The Morgan fingerprint density at radius 1 is 1.15 bits per heavy atom. The number of rotatable bonds is 9. The molecule has 3 aromatic carbocycles. The predicted molar refractivity (Wildman–Crippen MR) is 156 cm³/mol. The first-order valence-corrected chi connectivity index (χ1v) is 13.3. The van der Waals surface area contributed by atoms with E-state index in [1.165, 1.54) is 11.8 Å². The lowest BCUT2D eigenvalue weighted by atomic mass is 9.96. The third kappa shape index (κ3) is 5.81. The zero-order valence-electron chi connectivity index (χ0n) is 22.5. The molecule has 0 aliphatic heterocycles. The second kappa shape index (κ2) is 12.1. The Kier molecular flexibility index (Phi) is 8.67. The molecule has 4 aromatic rings. The van der Waals surface area contributed by atoms with E-state index in [1.54, 1.807) is 30.5 Å². The lowest BCUT2D eigenvalue weighted by Crippen LogP contribution is -2.21. The Labute approximate surface area is 235 Å². The summed E-state index contributed by atoms with van der Waals surface area (Å²) in [7, 11) is 1.51. The summed E-state index contributed by atoms with van der Waals surface area (Å²) in [6, 6.07) is 16.7. The summed E-state index contributed by atoms with van der Waals surface area (Å²) >= 11 is 3.48. The van der Waals surface area contributed by atoms with Crippen molar-refractivity contribution in [3.8, 4) is 34.7 Å². The summed E-state index contributed by atoms with van der Waals surface area (Å²) in [4.78, 5) is 18.6. The van der Waals surface area contributed by atoms with E-state index in [9.17, 15) is 4.79 Å². The number of aryl methyl sites for hydroxylation is 1. The summed E-state index contributed by atoms with van der Waals surface area (Å²) in [5.41, 5.74) is 3.69. The lowest BCUT2D eigenvalue weighted by Gasteiger charge is -2.18. The van der Waals surface area contributed by atoms with E-state index in [1.807, 2.05) is 44.2 Å². The summed E-state index contributed by atoms with van der Waals surface area (Å²) in [5.74, 6) is 2.28. The van der Waals surface area contributed by atoms with Crippen LogP contribution < -0.4 is 19.8 Å². The van der Waals surface area contributed by atoms with Crippen LogP contribution in [0.4, 0.5) is 0 Å². The van der Waals surface area contributed by atoms with Gasteiger partial charge in [-0.25, -0.2) is 4.98 Å². The molecule has 8 nitrogen and oxygen atoms in total. The fourth-order valence-electron chi connectivity index (χ4n) is 4.26. The van der Waals surface area contributed by atoms with Crippen molar-refractivity contribution in [1.29, 1.82) is 5.26 Å². The highest BCUT2D eigenvalue weighted by atomic mass is 79.9. The van der Waals surface area contributed by atoms with Crippen molar-refractivity contribution < 1.29 is 14.2 Å². The van der Waals surface area contributed by atoms with Gasteiger partial charge in [-0.1, -0.05) is 26.0 Å². The molecule has 0 saturated carbocycles. The highest BCUT2D eigenvalue weighted by Gasteiger charge is 2.19. The number of benzene rings is 3. The molecule has 0 bridgehead atoms. The normalized spacial score (nSPS) is 11.2. The van der Waals surface area contributed by atoms with Gasteiger partial charge in [0, 0.05) is 5.56 Å². The molecule has 39 heavy (non-hydrogen) atoms. The molecule has 0 aliphatic carbocycles. The summed E-state index contributed by atoms with van der Waals surface area (Å²) in [6.45, 7) is 8.57. The van der Waals surface area contributed by atoms with Gasteiger partial charge < -0.3 is 14.2 Å². The third-order valence-electron chi connectivity index (χ3n) is 6.13. The van der Waals surface area contributed by atoms with Crippen LogP contribution in [0.3, 0.4) is 0 Å². The average molecular weight is 589 g/mol. The number of ether oxygens (including phenoxy) is 3. The van der Waals surface area contributed by atoms with Crippen LogP contribution in [0.25, 0.3) is 22.3 Å². The first-order valence-electron chi connectivity index (χ1n) is 12.5. The lowest BCUT2D eigenvalue weighted by molar-refractivity contribution is 0.327. The maximum Gasteiger partial charge on any atom is 0.282 e. The van der Waals surface area contributed by atoms with Gasteiger partial charge in [0.05, 0.1) is 35.3 Å². The van der Waals surface area contributed by atoms with E-state index < -0.39 is 0 Å². The Hall–Kier alpha value is -4.16. The SMILES string of the molecule is CCOc1cc(C)c(-c2nc3ccccc3c(=O)n2N=Cc2cc(Br)c(OCC#N)c(OC)c2)cc1C(C)C. The summed E-state index contributed by atoms with van der Waals surface area (Å²) in [6.07, 6.45) is 1.57. The van der Waals surface area contributed by atoms with E-state index in [0.717, 1.165) is 22.4 Å². The van der Waals surface area contributed by atoms with Crippen LogP contribution in [0.15, 0.2) is 62.9 Å². The van der Waals surface area contributed by atoms with Crippen molar-refractivity contribution in [2.45, 2.75) is 33.6 Å². The van der Waals surface area contributed by atoms with Crippen molar-refractivity contribution in [1.82, 2.24) is 9.66 Å². The minimum atomic E-state index is -0.286. The van der Waals surface area contributed by atoms with Gasteiger partial charge in [0.25, 0.3) is 5.56 Å². The molecule has 0 N–H and O–H groups in total. The van der Waals surface area contributed by atoms with Gasteiger partial charge >= 0.3 is 0 Å². The molecule has 0 amide bonds. The fraction of sp³-hybridized carbons (Fsp3) is 0.267. The maximum atomic E-state index is 13.7. The molecule has 0 saturated heterocycles. The quantitative estimate of drug-likeness (QED) is 0.208. The second-order valence-electron chi connectivity index (χ2n) is 9.09. The molecular formula is C30H29BrN4O4. The Balaban J connectivity index is 1.92. The standard InChI is InChI=1S/C30H29BrN4O4/c1-6-38-26-13-19(4)23(16-22(26)18(2)3)29-34-25-10-8-7-9-21(25)30(36)35(29)33-17-20-14-24(31)28(39-12-11-32)27(15-20)37-5/h7-10,13-18H,6,12H2,1-5H3. The molecule has 0 unspecified atom stereocenters. The Morgan fingerprint density at radius 2 is 1.92 bits per heavy atom. The van der Waals surface area contributed by atoms with Crippen molar-refractivity contribution in [3.05, 3.63) is 80.0 Å². The molecule has 4 rings (SSSR count). The number of methoxy groups -OCH3 is 1. The van der Waals surface area contributed by atoms with Crippen molar-refractivity contribution in [3.63, 3.8) is 0 Å². The molecule has 200 valence electrons. The van der Waals surface area contributed by atoms with Crippen molar-refractivity contribution >= 4 is 33.0 Å². The van der Waals surface area contributed by atoms with Crippen LogP contribution in [-0.2, 0) is 0 Å². The van der Waals surface area contributed by atoms with Gasteiger partial charge in [0.1, 0.15) is 11.8 Å². The number of fused-ring (bicyclic) bond motifs is 1. The van der Waals surface area contributed by atoms with Crippen LogP contribution in [0.1, 0.15) is 43.4 Å². The van der Waals surface area contributed by atoms with Crippen LogP contribution >= 0.6 is 15.9 Å². The Bertz CT molecular complexity index is 1650. The van der Waals surface area contributed by atoms with Gasteiger partial charge in [-0.3, -0.25) is 4.79 Å². The molecule has 0 aliphatic rings. The highest BCUT2D eigenvalue weighted by molar-refractivity contribution is 9.10. The molecule has 0 radical (unpaired) electrons. The first kappa shape index (κ1) is 27.9. The second-order valence-corrected chi connectivity index (χ2v) is 9.94. The van der Waals surface area contributed by atoms with Crippen LogP contribution in [0, 0.1) is 18.3 Å². The fourth-order valence-corrected chi connectivity index (χ4v) is 4.83. The molecule has 1 heterocycles. The van der Waals surface area contributed by atoms with Gasteiger partial charge in [0.15, 0.2) is 23.9 Å². The maximum absolute atomic E-state index is 13.7. The highest BCUT2D eigenvalue weighted by Crippen LogP contribution is 2.37. The largest absolute Gasteiger partial charge is 0.494 e. The third-order valence-corrected chi connectivity index (χ3v) is 6.72. The monoisotopic (exact) mass is 588 g/mol. The summed E-state index contributed by atoms with van der Waals surface area (Å²) in [5, 5.41) is 13.9. The number of hydrogen-bond acceptors (Lipinski definition) is 7. The van der Waals surface area contributed by atoms with Gasteiger partial charge in [-0.2, -0.15) is 15.0 Å². The van der Waals surface area contributed by atoms with E-state index >= 15 is 0 Å². The van der Waals surface area contributed by atoms with Crippen molar-refractivity contribution in [2.24, 2.45) is 5.10 Å². The first-order chi connectivity index (χ1) is 18.8. The van der Waals surface area contributed by atoms with Gasteiger partial charge in [-0.05, 0) is 88.8 Å². The zero-order valence-corrected chi connectivity index (χ0v) is 24.1. The van der Waals surface area contributed by atoms with Crippen LogP contribution in [0.5, 0.6) is 17.2 Å². The minimum Gasteiger partial charge on any atom is -0.494 e. The number of halogens is 1.